The Morgan fingerprint density at radius 2 is 2.15 bits per heavy atom. The zero-order chi connectivity index (χ0) is 14.5. The molecule has 0 saturated heterocycles. The van der Waals surface area contributed by atoms with Crippen molar-refractivity contribution in [2.45, 2.75) is 12.8 Å². The molecule has 2 rings (SSSR count). The first kappa shape index (κ1) is 14.9. The number of aromatic nitrogens is 1. The molecule has 20 heavy (non-hydrogen) atoms. The Kier molecular flexibility index (Phi) is 5.05. The van der Waals surface area contributed by atoms with Gasteiger partial charge in [-0.3, -0.25) is 4.79 Å². The number of halogens is 3. The van der Waals surface area contributed by atoms with Gasteiger partial charge in [-0.15, -0.1) is 0 Å². The number of nitrogens with zero attached hydrogens (tertiary/aromatic N) is 2. The fraction of sp³-hybridized carbons (Fsp3) is 0.385. The standard InChI is InChI=1S/C13H13BrF2N2O2/c14-5-6-18(8-12(15)16)13(19)7-10-9-3-1-2-4-11(9)20-17-10/h1-4,12H,5-8H2. The van der Waals surface area contributed by atoms with Crippen LogP contribution in [0.2, 0.25) is 0 Å². The highest BCUT2D eigenvalue weighted by molar-refractivity contribution is 9.09. The van der Waals surface area contributed by atoms with Gasteiger partial charge in [0.25, 0.3) is 6.43 Å². The fourth-order valence-corrected chi connectivity index (χ4v) is 2.34. The Hall–Kier alpha value is -1.50. The average Bonchev–Trinajstić information content (AvgIpc) is 2.81. The molecular weight excluding hydrogens is 334 g/mol. The number of fused-ring (bicyclic) bond motifs is 1. The van der Waals surface area contributed by atoms with Gasteiger partial charge in [0.2, 0.25) is 5.91 Å². The van der Waals surface area contributed by atoms with Crippen LogP contribution >= 0.6 is 15.9 Å². The molecule has 1 heterocycles. The highest BCUT2D eigenvalue weighted by Crippen LogP contribution is 2.18. The summed E-state index contributed by atoms with van der Waals surface area (Å²) in [5.74, 6) is -0.385. The van der Waals surface area contributed by atoms with Gasteiger partial charge in [0, 0.05) is 17.3 Å². The third kappa shape index (κ3) is 3.53. The predicted octanol–water partition coefficient (Wildman–Crippen LogP) is 2.86. The largest absolute Gasteiger partial charge is 0.356 e. The number of amides is 1. The molecule has 2 aromatic rings. The molecule has 1 aromatic carbocycles. The lowest BCUT2D eigenvalue weighted by atomic mass is 10.1. The van der Waals surface area contributed by atoms with Crippen LogP contribution in [0.4, 0.5) is 8.78 Å². The lowest BCUT2D eigenvalue weighted by molar-refractivity contribution is -0.132. The van der Waals surface area contributed by atoms with E-state index in [1.54, 1.807) is 18.2 Å². The Morgan fingerprint density at radius 1 is 1.40 bits per heavy atom. The van der Waals surface area contributed by atoms with Gasteiger partial charge in [0.15, 0.2) is 5.58 Å². The molecule has 0 spiro atoms. The first-order chi connectivity index (χ1) is 9.61. The van der Waals surface area contributed by atoms with E-state index in [2.05, 4.69) is 21.1 Å². The van der Waals surface area contributed by atoms with E-state index in [-0.39, 0.29) is 18.9 Å². The van der Waals surface area contributed by atoms with Crippen molar-refractivity contribution >= 4 is 32.8 Å². The zero-order valence-corrected chi connectivity index (χ0v) is 12.1. The molecule has 0 saturated carbocycles. The minimum Gasteiger partial charge on any atom is -0.356 e. The first-order valence-corrected chi connectivity index (χ1v) is 7.19. The van der Waals surface area contributed by atoms with Crippen molar-refractivity contribution in [2.24, 2.45) is 0 Å². The Bertz CT molecular complexity index is 589. The number of para-hydroxylation sites is 1. The summed E-state index contributed by atoms with van der Waals surface area (Å²) >= 11 is 3.15. The summed E-state index contributed by atoms with van der Waals surface area (Å²) in [6, 6.07) is 7.14. The van der Waals surface area contributed by atoms with Crippen molar-refractivity contribution in [1.82, 2.24) is 10.1 Å². The predicted molar refractivity (Wildman–Crippen MR) is 74.1 cm³/mol. The zero-order valence-electron chi connectivity index (χ0n) is 10.6. The lowest BCUT2D eigenvalue weighted by Crippen LogP contribution is -2.37. The third-order valence-electron chi connectivity index (χ3n) is 2.84. The van der Waals surface area contributed by atoms with Crippen LogP contribution in [0.3, 0.4) is 0 Å². The van der Waals surface area contributed by atoms with Crippen molar-refractivity contribution in [2.75, 3.05) is 18.4 Å². The van der Waals surface area contributed by atoms with Crippen molar-refractivity contribution in [3.63, 3.8) is 0 Å². The number of hydrogen-bond acceptors (Lipinski definition) is 3. The number of hydrogen-bond donors (Lipinski definition) is 0. The molecule has 1 amide bonds. The van der Waals surface area contributed by atoms with Crippen LogP contribution in [-0.4, -0.2) is 40.8 Å². The van der Waals surface area contributed by atoms with Gasteiger partial charge in [-0.05, 0) is 12.1 Å². The minimum absolute atomic E-state index is 0.0449. The fourth-order valence-electron chi connectivity index (χ4n) is 1.91. The van der Waals surface area contributed by atoms with Crippen LogP contribution in [0.5, 0.6) is 0 Å². The number of benzene rings is 1. The molecule has 7 heteroatoms. The topological polar surface area (TPSA) is 46.3 Å². The summed E-state index contributed by atoms with van der Waals surface area (Å²) < 4.78 is 30.0. The maximum atomic E-state index is 12.5. The van der Waals surface area contributed by atoms with Gasteiger partial charge >= 0.3 is 0 Å². The van der Waals surface area contributed by atoms with E-state index < -0.39 is 13.0 Å². The van der Waals surface area contributed by atoms with Crippen molar-refractivity contribution < 1.29 is 18.1 Å². The minimum atomic E-state index is -2.55. The van der Waals surface area contributed by atoms with Gasteiger partial charge in [-0.1, -0.05) is 33.2 Å². The molecule has 0 aliphatic heterocycles. The summed E-state index contributed by atoms with van der Waals surface area (Å²) in [6.07, 6.45) is -2.59. The Labute approximate surface area is 122 Å². The summed E-state index contributed by atoms with van der Waals surface area (Å²) in [5, 5.41) is 5.02. The Morgan fingerprint density at radius 3 is 2.85 bits per heavy atom. The van der Waals surface area contributed by atoms with Crippen LogP contribution in [0, 0.1) is 0 Å². The molecular formula is C13H13BrF2N2O2. The van der Waals surface area contributed by atoms with Gasteiger partial charge in [0.05, 0.1) is 13.0 Å². The van der Waals surface area contributed by atoms with E-state index in [0.29, 0.717) is 16.6 Å². The third-order valence-corrected chi connectivity index (χ3v) is 3.19. The van der Waals surface area contributed by atoms with Crippen molar-refractivity contribution in [3.05, 3.63) is 30.0 Å². The number of carbonyl (C=O) groups is 1. The second-order valence-electron chi connectivity index (χ2n) is 4.22. The van der Waals surface area contributed by atoms with Crippen molar-refractivity contribution in [1.29, 1.82) is 0 Å². The quantitative estimate of drug-likeness (QED) is 0.755. The summed E-state index contributed by atoms with van der Waals surface area (Å²) in [7, 11) is 0. The maximum Gasteiger partial charge on any atom is 0.255 e. The van der Waals surface area contributed by atoms with E-state index in [4.69, 9.17) is 4.52 Å². The molecule has 0 radical (unpaired) electrons. The van der Waals surface area contributed by atoms with Gasteiger partial charge in [-0.2, -0.15) is 0 Å². The second-order valence-corrected chi connectivity index (χ2v) is 5.02. The average molecular weight is 347 g/mol. The van der Waals surface area contributed by atoms with E-state index in [1.165, 1.54) is 0 Å². The highest BCUT2D eigenvalue weighted by Gasteiger charge is 2.20. The molecule has 4 nitrogen and oxygen atoms in total. The Balaban J connectivity index is 2.12. The molecule has 0 N–H and O–H groups in total. The maximum absolute atomic E-state index is 12.5. The van der Waals surface area contributed by atoms with Crippen molar-refractivity contribution in [3.8, 4) is 0 Å². The SMILES string of the molecule is O=C(Cc1noc2ccccc12)N(CCBr)CC(F)F. The van der Waals surface area contributed by atoms with E-state index in [0.717, 1.165) is 10.3 Å². The highest BCUT2D eigenvalue weighted by atomic mass is 79.9. The lowest BCUT2D eigenvalue weighted by Gasteiger charge is -2.20. The number of rotatable bonds is 6. The summed E-state index contributed by atoms with van der Waals surface area (Å²) in [6.45, 7) is -0.334. The molecule has 0 aliphatic rings. The molecule has 0 unspecified atom stereocenters. The second kappa shape index (κ2) is 6.78. The summed E-state index contributed by atoms with van der Waals surface area (Å²) in [5.41, 5.74) is 1.05. The molecule has 0 atom stereocenters. The van der Waals surface area contributed by atoms with Crippen LogP contribution in [-0.2, 0) is 11.2 Å². The van der Waals surface area contributed by atoms with E-state index in [1.807, 2.05) is 6.07 Å². The normalized spacial score (nSPS) is 11.2. The monoisotopic (exact) mass is 346 g/mol. The molecule has 108 valence electrons. The smallest absolute Gasteiger partial charge is 0.255 e. The molecule has 0 aliphatic carbocycles. The molecule has 1 aromatic heterocycles. The van der Waals surface area contributed by atoms with Crippen LogP contribution in [0.25, 0.3) is 11.0 Å². The van der Waals surface area contributed by atoms with Crippen LogP contribution in [0.15, 0.2) is 28.8 Å². The van der Waals surface area contributed by atoms with E-state index in [9.17, 15) is 13.6 Å². The first-order valence-electron chi connectivity index (χ1n) is 6.07. The van der Waals surface area contributed by atoms with Gasteiger partial charge in [0.1, 0.15) is 5.69 Å². The summed E-state index contributed by atoms with van der Waals surface area (Å²) in [4.78, 5) is 13.2. The molecule has 0 fully saturated rings. The van der Waals surface area contributed by atoms with Crippen LogP contribution in [0.1, 0.15) is 5.69 Å². The van der Waals surface area contributed by atoms with Crippen LogP contribution < -0.4 is 0 Å². The number of alkyl halides is 3. The van der Waals surface area contributed by atoms with E-state index >= 15 is 0 Å². The number of carbonyl (C=O) groups excluding carboxylic acids is 1. The molecule has 0 bridgehead atoms. The van der Waals surface area contributed by atoms with Gasteiger partial charge < -0.3 is 9.42 Å². The van der Waals surface area contributed by atoms with Gasteiger partial charge in [-0.25, -0.2) is 8.78 Å².